The molecule has 0 aromatic carbocycles. The van der Waals surface area contributed by atoms with E-state index in [2.05, 4.69) is 14.9 Å². The third kappa shape index (κ3) is 4.51. The van der Waals surface area contributed by atoms with Crippen molar-refractivity contribution in [3.8, 4) is 5.88 Å². The SMILES string of the molecule is CCC(C)n1c(O)c(C=NCCN2CCCCC2)c(=O)[nH]c1=S. The molecule has 1 atom stereocenters. The first-order valence-electron chi connectivity index (χ1n) is 8.34. The molecule has 1 fully saturated rings. The number of nitrogens with one attached hydrogen (secondary N) is 1. The third-order valence-corrected chi connectivity index (χ3v) is 4.70. The van der Waals surface area contributed by atoms with Gasteiger partial charge in [0, 0.05) is 18.8 Å². The van der Waals surface area contributed by atoms with Gasteiger partial charge in [0.15, 0.2) is 4.77 Å². The maximum absolute atomic E-state index is 12.0. The Balaban J connectivity index is 2.11. The number of aromatic amines is 1. The quantitative estimate of drug-likeness (QED) is 0.617. The van der Waals surface area contributed by atoms with E-state index < -0.39 is 5.56 Å². The lowest BCUT2D eigenvalue weighted by atomic mass is 10.1. The van der Waals surface area contributed by atoms with Crippen LogP contribution in [0.5, 0.6) is 5.88 Å². The Hall–Kier alpha value is -1.47. The zero-order valence-corrected chi connectivity index (χ0v) is 14.7. The zero-order chi connectivity index (χ0) is 16.8. The van der Waals surface area contributed by atoms with Gasteiger partial charge in [0.1, 0.15) is 5.56 Å². The standard InChI is InChI=1S/C16H26N4O2S/c1-3-12(2)20-15(22)13(14(21)18-16(20)23)11-17-7-10-19-8-5-4-6-9-19/h11-12,22H,3-10H2,1-2H3,(H,18,21,23). The molecule has 0 radical (unpaired) electrons. The Labute approximate surface area is 141 Å². The van der Waals surface area contributed by atoms with Crippen molar-refractivity contribution in [2.24, 2.45) is 4.99 Å². The van der Waals surface area contributed by atoms with E-state index in [0.717, 1.165) is 26.1 Å². The number of hydrogen-bond acceptors (Lipinski definition) is 5. The summed E-state index contributed by atoms with van der Waals surface area (Å²) >= 11 is 5.15. The summed E-state index contributed by atoms with van der Waals surface area (Å²) < 4.78 is 1.82. The van der Waals surface area contributed by atoms with Gasteiger partial charge in [-0.2, -0.15) is 0 Å². The van der Waals surface area contributed by atoms with Crippen molar-refractivity contribution in [2.75, 3.05) is 26.2 Å². The molecule has 0 spiro atoms. The first-order valence-corrected chi connectivity index (χ1v) is 8.75. The average molecular weight is 338 g/mol. The molecule has 1 aromatic heterocycles. The first-order chi connectivity index (χ1) is 11.0. The van der Waals surface area contributed by atoms with Crippen molar-refractivity contribution in [1.29, 1.82) is 0 Å². The molecule has 23 heavy (non-hydrogen) atoms. The van der Waals surface area contributed by atoms with E-state index in [9.17, 15) is 9.90 Å². The van der Waals surface area contributed by atoms with Crippen LogP contribution in [0.15, 0.2) is 9.79 Å². The molecule has 2 rings (SSSR count). The number of likely N-dealkylation sites (tertiary alicyclic amines) is 1. The maximum Gasteiger partial charge on any atom is 0.264 e. The van der Waals surface area contributed by atoms with Crippen molar-refractivity contribution in [1.82, 2.24) is 14.5 Å². The Morgan fingerprint density at radius 3 is 2.74 bits per heavy atom. The highest BCUT2D eigenvalue weighted by Crippen LogP contribution is 2.20. The predicted molar refractivity (Wildman–Crippen MR) is 95.3 cm³/mol. The molecule has 1 saturated heterocycles. The van der Waals surface area contributed by atoms with Gasteiger partial charge in [-0.3, -0.25) is 19.3 Å². The molecule has 0 saturated carbocycles. The van der Waals surface area contributed by atoms with Gasteiger partial charge in [-0.1, -0.05) is 13.3 Å². The summed E-state index contributed by atoms with van der Waals surface area (Å²) in [6.45, 7) is 7.71. The lowest BCUT2D eigenvalue weighted by Gasteiger charge is -2.25. The molecule has 0 bridgehead atoms. The van der Waals surface area contributed by atoms with Gasteiger partial charge in [0.25, 0.3) is 5.56 Å². The highest BCUT2D eigenvalue weighted by atomic mass is 32.1. The van der Waals surface area contributed by atoms with Gasteiger partial charge in [0.2, 0.25) is 5.88 Å². The van der Waals surface area contributed by atoms with Crippen LogP contribution in [-0.4, -0.2) is 52.0 Å². The fourth-order valence-electron chi connectivity index (χ4n) is 2.80. The summed E-state index contributed by atoms with van der Waals surface area (Å²) in [5.74, 6) is -0.102. The average Bonchev–Trinajstić information content (AvgIpc) is 2.54. The summed E-state index contributed by atoms with van der Waals surface area (Å²) in [4.78, 5) is 21.3. The smallest absolute Gasteiger partial charge is 0.264 e. The molecule has 7 heteroatoms. The van der Waals surface area contributed by atoms with E-state index in [1.165, 1.54) is 25.5 Å². The van der Waals surface area contributed by atoms with E-state index >= 15 is 0 Å². The Bertz CT molecular complexity index is 659. The first kappa shape index (κ1) is 17.9. The highest BCUT2D eigenvalue weighted by molar-refractivity contribution is 7.71. The number of rotatable bonds is 6. The maximum atomic E-state index is 12.0. The predicted octanol–water partition coefficient (Wildman–Crippen LogP) is 2.49. The van der Waals surface area contributed by atoms with Gasteiger partial charge in [-0.05, 0) is 51.5 Å². The largest absolute Gasteiger partial charge is 0.494 e. The van der Waals surface area contributed by atoms with Crippen molar-refractivity contribution < 1.29 is 5.11 Å². The topological polar surface area (TPSA) is 73.6 Å². The number of H-pyrrole nitrogens is 1. The summed E-state index contributed by atoms with van der Waals surface area (Å²) in [6, 6.07) is 0.0137. The monoisotopic (exact) mass is 338 g/mol. The van der Waals surface area contributed by atoms with Crippen LogP contribution in [0.2, 0.25) is 0 Å². The molecule has 1 aromatic rings. The number of aromatic nitrogens is 2. The second kappa shape index (κ2) is 8.40. The highest BCUT2D eigenvalue weighted by Gasteiger charge is 2.14. The molecule has 128 valence electrons. The summed E-state index contributed by atoms with van der Waals surface area (Å²) in [7, 11) is 0. The second-order valence-corrected chi connectivity index (χ2v) is 6.45. The summed E-state index contributed by atoms with van der Waals surface area (Å²) in [5.41, 5.74) is -0.216. The van der Waals surface area contributed by atoms with Crippen LogP contribution < -0.4 is 5.56 Å². The molecule has 1 aliphatic rings. The van der Waals surface area contributed by atoms with Gasteiger partial charge in [0.05, 0.1) is 6.54 Å². The third-order valence-electron chi connectivity index (χ3n) is 4.40. The van der Waals surface area contributed by atoms with Crippen molar-refractivity contribution in [3.63, 3.8) is 0 Å². The van der Waals surface area contributed by atoms with Crippen molar-refractivity contribution in [2.45, 2.75) is 45.6 Å². The summed E-state index contributed by atoms with van der Waals surface area (Å²) in [6.07, 6.45) is 6.08. The number of piperidine rings is 1. The van der Waals surface area contributed by atoms with Crippen LogP contribution in [0, 0.1) is 4.77 Å². The molecule has 1 aliphatic heterocycles. The molecule has 0 aliphatic carbocycles. The Morgan fingerprint density at radius 2 is 2.09 bits per heavy atom. The van der Waals surface area contributed by atoms with Crippen molar-refractivity contribution in [3.05, 3.63) is 20.7 Å². The van der Waals surface area contributed by atoms with Gasteiger partial charge >= 0.3 is 0 Å². The number of aliphatic imine (C=N–C) groups is 1. The van der Waals surface area contributed by atoms with Gasteiger partial charge < -0.3 is 10.0 Å². The zero-order valence-electron chi connectivity index (χ0n) is 13.9. The molecule has 2 N–H and O–H groups in total. The van der Waals surface area contributed by atoms with Crippen LogP contribution in [0.25, 0.3) is 0 Å². The minimum atomic E-state index is -0.395. The molecule has 1 unspecified atom stereocenters. The fourth-order valence-corrected chi connectivity index (χ4v) is 3.16. The minimum Gasteiger partial charge on any atom is -0.494 e. The lowest BCUT2D eigenvalue weighted by Crippen LogP contribution is -2.31. The molecule has 6 nitrogen and oxygen atoms in total. The van der Waals surface area contributed by atoms with Crippen LogP contribution in [0.4, 0.5) is 0 Å². The Morgan fingerprint density at radius 1 is 1.39 bits per heavy atom. The molecule has 2 heterocycles. The normalized spacial score (nSPS) is 17.7. The summed E-state index contributed by atoms with van der Waals surface area (Å²) in [5, 5.41) is 10.4. The second-order valence-electron chi connectivity index (χ2n) is 6.06. The number of aromatic hydroxyl groups is 1. The van der Waals surface area contributed by atoms with E-state index in [1.54, 1.807) is 4.57 Å². The Kier molecular flexibility index (Phi) is 6.53. The lowest BCUT2D eigenvalue weighted by molar-refractivity contribution is 0.235. The van der Waals surface area contributed by atoms with Crippen molar-refractivity contribution >= 4 is 18.4 Å². The molecular formula is C16H26N4O2S. The van der Waals surface area contributed by atoms with E-state index in [-0.39, 0.29) is 22.3 Å². The van der Waals surface area contributed by atoms with Gasteiger partial charge in [-0.15, -0.1) is 0 Å². The van der Waals surface area contributed by atoms with E-state index in [4.69, 9.17) is 12.2 Å². The van der Waals surface area contributed by atoms with E-state index in [0.29, 0.717) is 6.54 Å². The van der Waals surface area contributed by atoms with Crippen LogP contribution in [0.3, 0.4) is 0 Å². The number of nitrogens with zero attached hydrogens (tertiary/aromatic N) is 3. The van der Waals surface area contributed by atoms with Crippen LogP contribution in [0.1, 0.15) is 51.1 Å². The van der Waals surface area contributed by atoms with Crippen LogP contribution in [-0.2, 0) is 0 Å². The minimum absolute atomic E-state index is 0.0137. The number of hydrogen-bond donors (Lipinski definition) is 2. The van der Waals surface area contributed by atoms with Crippen LogP contribution >= 0.6 is 12.2 Å². The molecular weight excluding hydrogens is 312 g/mol. The van der Waals surface area contributed by atoms with E-state index in [1.807, 2.05) is 13.8 Å². The fraction of sp³-hybridized carbons (Fsp3) is 0.688. The molecule has 0 amide bonds. The van der Waals surface area contributed by atoms with Gasteiger partial charge in [-0.25, -0.2) is 0 Å².